The molecule has 2 heterocycles. The molecule has 1 aromatic rings. The van der Waals surface area contributed by atoms with Crippen molar-refractivity contribution in [3.63, 3.8) is 0 Å². The topological polar surface area (TPSA) is 65.9 Å². The fourth-order valence-corrected chi connectivity index (χ4v) is 1.88. The monoisotopic (exact) mass is 179 g/mol. The minimum atomic E-state index is -0.854. The number of hydrogen-bond donors (Lipinski definition) is 2. The zero-order chi connectivity index (χ0) is 9.00. The number of hydrogen-bond acceptors (Lipinski definition) is 4. The minimum Gasteiger partial charge on any atom is -0.387 e. The van der Waals surface area contributed by atoms with Crippen molar-refractivity contribution in [2.45, 2.75) is 24.4 Å². The molecule has 1 saturated heterocycles. The Morgan fingerprint density at radius 3 is 3.08 bits per heavy atom. The molecule has 4 heteroatoms. The van der Waals surface area contributed by atoms with Crippen LogP contribution in [0.1, 0.15) is 23.5 Å². The van der Waals surface area contributed by atoms with E-state index in [0.29, 0.717) is 5.56 Å². The molecule has 0 unspecified atom stereocenters. The van der Waals surface area contributed by atoms with Crippen molar-refractivity contribution in [3.05, 3.63) is 29.6 Å². The number of ether oxygens (including phenoxy) is 1. The van der Waals surface area contributed by atoms with Gasteiger partial charge in [-0.15, -0.1) is 0 Å². The van der Waals surface area contributed by atoms with Crippen molar-refractivity contribution in [1.82, 2.24) is 4.98 Å². The summed E-state index contributed by atoms with van der Waals surface area (Å²) in [6.45, 7) is 0. The molecule has 0 aromatic carbocycles. The van der Waals surface area contributed by atoms with Gasteiger partial charge in [-0.05, 0) is 6.07 Å². The summed E-state index contributed by atoms with van der Waals surface area (Å²) >= 11 is 0. The van der Waals surface area contributed by atoms with E-state index in [1.807, 2.05) is 0 Å². The van der Waals surface area contributed by atoms with Gasteiger partial charge in [-0.2, -0.15) is 0 Å². The second-order valence-electron chi connectivity index (χ2n) is 3.43. The van der Waals surface area contributed by atoms with E-state index in [1.165, 1.54) is 0 Å². The molecule has 4 nitrogen and oxygen atoms in total. The second-order valence-corrected chi connectivity index (χ2v) is 3.43. The quantitative estimate of drug-likeness (QED) is 0.547. The van der Waals surface area contributed by atoms with Crippen molar-refractivity contribution in [1.29, 1.82) is 0 Å². The molecule has 0 spiro atoms. The van der Waals surface area contributed by atoms with Crippen LogP contribution < -0.4 is 0 Å². The van der Waals surface area contributed by atoms with Gasteiger partial charge in [-0.3, -0.25) is 4.98 Å². The maximum atomic E-state index is 9.66. The summed E-state index contributed by atoms with van der Waals surface area (Å²) < 4.78 is 5.21. The predicted molar refractivity (Wildman–Crippen MR) is 42.8 cm³/mol. The third-order valence-corrected chi connectivity index (χ3v) is 2.65. The van der Waals surface area contributed by atoms with Crippen LogP contribution in [0.5, 0.6) is 0 Å². The molecule has 68 valence electrons. The van der Waals surface area contributed by atoms with Crippen LogP contribution in [-0.4, -0.2) is 27.4 Å². The molecule has 4 atom stereocenters. The Morgan fingerprint density at radius 1 is 1.38 bits per heavy atom. The lowest BCUT2D eigenvalue weighted by Gasteiger charge is -2.21. The van der Waals surface area contributed by atoms with Crippen molar-refractivity contribution < 1.29 is 14.9 Å². The first-order valence-electron chi connectivity index (χ1n) is 4.25. The first kappa shape index (κ1) is 7.44. The fourth-order valence-electron chi connectivity index (χ4n) is 1.88. The van der Waals surface area contributed by atoms with Gasteiger partial charge in [0.15, 0.2) is 0 Å². The summed E-state index contributed by atoms with van der Waals surface area (Å²) in [6, 6.07) is 3.52. The van der Waals surface area contributed by atoms with Gasteiger partial charge in [0.2, 0.25) is 0 Å². The van der Waals surface area contributed by atoms with E-state index in [2.05, 4.69) is 4.98 Å². The summed E-state index contributed by atoms with van der Waals surface area (Å²) in [6.07, 6.45) is -0.344. The van der Waals surface area contributed by atoms with Gasteiger partial charge in [-0.25, -0.2) is 0 Å². The van der Waals surface area contributed by atoms with Crippen LogP contribution in [0.15, 0.2) is 18.3 Å². The predicted octanol–water partition coefficient (Wildman–Crippen LogP) is -0.0706. The molecule has 1 aromatic heterocycles. The Kier molecular flexibility index (Phi) is 1.31. The summed E-state index contributed by atoms with van der Waals surface area (Å²) in [5.41, 5.74) is 1.46. The van der Waals surface area contributed by atoms with Gasteiger partial charge in [-0.1, -0.05) is 6.07 Å². The van der Waals surface area contributed by atoms with Crippen LogP contribution in [0.25, 0.3) is 0 Å². The van der Waals surface area contributed by atoms with Gasteiger partial charge in [0.25, 0.3) is 0 Å². The molecule has 0 amide bonds. The van der Waals surface area contributed by atoms with Crippen molar-refractivity contribution in [2.75, 3.05) is 0 Å². The van der Waals surface area contributed by atoms with Gasteiger partial charge < -0.3 is 14.9 Å². The van der Waals surface area contributed by atoms with E-state index >= 15 is 0 Å². The molecule has 3 rings (SSSR count). The van der Waals surface area contributed by atoms with Gasteiger partial charge in [0.1, 0.15) is 24.4 Å². The smallest absolute Gasteiger partial charge is 0.129 e. The molecular weight excluding hydrogens is 170 g/mol. The van der Waals surface area contributed by atoms with E-state index in [4.69, 9.17) is 4.74 Å². The number of aromatic nitrogens is 1. The van der Waals surface area contributed by atoms with Gasteiger partial charge >= 0.3 is 0 Å². The number of nitrogens with zero attached hydrogens (tertiary/aromatic N) is 1. The number of epoxide rings is 1. The third kappa shape index (κ3) is 0.877. The first-order chi connectivity index (χ1) is 6.29. The average molecular weight is 179 g/mol. The zero-order valence-electron chi connectivity index (χ0n) is 6.79. The SMILES string of the molecule is O[C@H]1[C@@H]2O[C@@H]2c2ncccc2[C@@H]1O. The summed E-state index contributed by atoms with van der Waals surface area (Å²) in [7, 11) is 0. The maximum Gasteiger partial charge on any atom is 0.129 e. The van der Waals surface area contributed by atoms with Crippen LogP contribution in [-0.2, 0) is 4.74 Å². The Balaban J connectivity index is 2.14. The summed E-state index contributed by atoms with van der Waals surface area (Å²) in [5, 5.41) is 19.2. The van der Waals surface area contributed by atoms with E-state index < -0.39 is 12.2 Å². The van der Waals surface area contributed by atoms with Crippen LogP contribution in [0.2, 0.25) is 0 Å². The molecule has 1 aliphatic carbocycles. The van der Waals surface area contributed by atoms with E-state index in [-0.39, 0.29) is 12.2 Å². The number of aliphatic hydroxyl groups excluding tert-OH is 2. The van der Waals surface area contributed by atoms with Gasteiger partial charge in [0.05, 0.1) is 5.69 Å². The standard InChI is InChI=1S/C9H9NO3/c11-6-4-2-1-3-10-5(4)8-9(13-8)7(6)12/h1-3,6-9,11-12H/t6-,7+,8+,9-/m0/s1. The number of fused-ring (bicyclic) bond motifs is 3. The average Bonchev–Trinajstić information content (AvgIpc) is 2.94. The first-order valence-corrected chi connectivity index (χ1v) is 4.25. The number of aliphatic hydroxyl groups is 2. The lowest BCUT2D eigenvalue weighted by molar-refractivity contribution is -0.000302. The molecule has 1 aliphatic heterocycles. The third-order valence-electron chi connectivity index (χ3n) is 2.65. The molecule has 13 heavy (non-hydrogen) atoms. The highest BCUT2D eigenvalue weighted by Gasteiger charge is 2.54. The highest BCUT2D eigenvalue weighted by Crippen LogP contribution is 2.49. The lowest BCUT2D eigenvalue weighted by Crippen LogP contribution is -2.29. The van der Waals surface area contributed by atoms with E-state index in [1.54, 1.807) is 18.3 Å². The summed E-state index contributed by atoms with van der Waals surface area (Å²) in [5.74, 6) is 0. The second kappa shape index (κ2) is 2.29. The molecule has 0 bridgehead atoms. The largest absolute Gasteiger partial charge is 0.387 e. The van der Waals surface area contributed by atoms with Crippen LogP contribution in [0.3, 0.4) is 0 Å². The van der Waals surface area contributed by atoms with Crippen molar-refractivity contribution >= 4 is 0 Å². The normalized spacial score (nSPS) is 40.8. The number of rotatable bonds is 0. The van der Waals surface area contributed by atoms with Crippen molar-refractivity contribution in [2.24, 2.45) is 0 Å². The molecular formula is C9H9NO3. The van der Waals surface area contributed by atoms with E-state index in [0.717, 1.165) is 5.69 Å². The minimum absolute atomic E-state index is 0.102. The zero-order valence-corrected chi connectivity index (χ0v) is 6.79. The Labute approximate surface area is 74.8 Å². The Morgan fingerprint density at radius 2 is 2.23 bits per heavy atom. The lowest BCUT2D eigenvalue weighted by atomic mass is 9.91. The van der Waals surface area contributed by atoms with Gasteiger partial charge in [0, 0.05) is 11.8 Å². The van der Waals surface area contributed by atoms with E-state index in [9.17, 15) is 10.2 Å². The highest BCUT2D eigenvalue weighted by molar-refractivity contribution is 5.33. The molecule has 2 N–H and O–H groups in total. The molecule has 2 aliphatic rings. The Hall–Kier alpha value is -0.970. The maximum absolute atomic E-state index is 9.66. The highest BCUT2D eigenvalue weighted by atomic mass is 16.6. The molecule has 0 radical (unpaired) electrons. The van der Waals surface area contributed by atoms with Crippen LogP contribution in [0, 0.1) is 0 Å². The van der Waals surface area contributed by atoms with Crippen molar-refractivity contribution in [3.8, 4) is 0 Å². The van der Waals surface area contributed by atoms with Crippen LogP contribution in [0.4, 0.5) is 0 Å². The molecule has 0 saturated carbocycles. The molecule has 1 fully saturated rings. The van der Waals surface area contributed by atoms with Crippen LogP contribution >= 0.6 is 0 Å². The fraction of sp³-hybridized carbons (Fsp3) is 0.444. The number of pyridine rings is 1. The Bertz CT molecular complexity index is 354. The summed E-state index contributed by atoms with van der Waals surface area (Å²) in [4.78, 5) is 4.13.